The molecule has 0 saturated carbocycles. The topological polar surface area (TPSA) is 84.2 Å². The van der Waals surface area contributed by atoms with Crippen LogP contribution in [0.2, 0.25) is 0 Å². The van der Waals surface area contributed by atoms with Crippen molar-refractivity contribution in [1.82, 2.24) is 29.5 Å². The van der Waals surface area contributed by atoms with E-state index in [2.05, 4.69) is 64.2 Å². The number of unbranched alkanes of at least 4 members (excludes halogenated alkanes) is 1. The third-order valence-electron chi connectivity index (χ3n) is 7.57. The molecule has 0 aliphatic carbocycles. The Hall–Kier alpha value is -3.46. The second kappa shape index (κ2) is 12.8. The van der Waals surface area contributed by atoms with Crippen LogP contribution in [0, 0.1) is 6.92 Å². The van der Waals surface area contributed by atoms with E-state index in [1.54, 1.807) is 11.8 Å². The number of carbonyl (C=O) groups is 2. The first kappa shape index (κ1) is 28.1. The highest BCUT2D eigenvalue weighted by Crippen LogP contribution is 2.29. The molecule has 1 fully saturated rings. The van der Waals surface area contributed by atoms with E-state index in [0.29, 0.717) is 44.2 Å². The maximum absolute atomic E-state index is 12.8. The molecule has 0 bridgehead atoms. The fourth-order valence-electron chi connectivity index (χ4n) is 5.45. The average Bonchev–Trinajstić information content (AvgIpc) is 3.25. The number of aromatic nitrogens is 4. The fraction of sp³-hybridized carbons (Fsp3) is 0.452. The zero-order valence-corrected chi connectivity index (χ0v) is 24.5. The van der Waals surface area contributed by atoms with Crippen LogP contribution in [-0.2, 0) is 16.1 Å². The minimum Gasteiger partial charge on any atom is -0.339 e. The third kappa shape index (κ3) is 6.30. The molecule has 3 heterocycles. The van der Waals surface area contributed by atoms with Gasteiger partial charge in [0.2, 0.25) is 17.0 Å². The summed E-state index contributed by atoms with van der Waals surface area (Å²) in [6.07, 6.45) is 3.68. The summed E-state index contributed by atoms with van der Waals surface area (Å²) in [6.45, 7) is 8.75. The van der Waals surface area contributed by atoms with Crippen molar-refractivity contribution in [2.24, 2.45) is 0 Å². The van der Waals surface area contributed by atoms with Gasteiger partial charge in [0, 0.05) is 56.2 Å². The van der Waals surface area contributed by atoms with Crippen molar-refractivity contribution in [3.8, 4) is 0 Å². The van der Waals surface area contributed by atoms with Crippen molar-refractivity contribution in [3.63, 3.8) is 0 Å². The van der Waals surface area contributed by atoms with Gasteiger partial charge in [-0.15, -0.1) is 10.2 Å². The van der Waals surface area contributed by atoms with Crippen LogP contribution in [0.15, 0.2) is 53.7 Å². The Labute approximate surface area is 240 Å². The first-order valence-electron chi connectivity index (χ1n) is 14.3. The van der Waals surface area contributed by atoms with E-state index >= 15 is 0 Å². The van der Waals surface area contributed by atoms with Crippen molar-refractivity contribution in [2.45, 2.75) is 70.6 Å². The van der Waals surface area contributed by atoms with E-state index in [0.717, 1.165) is 47.1 Å². The number of benzene rings is 2. The predicted molar refractivity (Wildman–Crippen MR) is 160 cm³/mol. The van der Waals surface area contributed by atoms with Crippen LogP contribution in [-0.4, -0.2) is 72.8 Å². The highest BCUT2D eigenvalue weighted by molar-refractivity contribution is 7.99. The smallest absolute Gasteiger partial charge is 0.222 e. The molecule has 210 valence electrons. The van der Waals surface area contributed by atoms with Gasteiger partial charge in [0.1, 0.15) is 5.52 Å². The molecule has 1 atom stereocenters. The number of fused-ring (bicyclic) bond motifs is 3. The summed E-state index contributed by atoms with van der Waals surface area (Å²) in [4.78, 5) is 33.9. The Balaban J connectivity index is 1.18. The third-order valence-corrected chi connectivity index (χ3v) is 8.49. The van der Waals surface area contributed by atoms with Crippen LogP contribution >= 0.6 is 11.8 Å². The first-order valence-corrected chi connectivity index (χ1v) is 15.3. The summed E-state index contributed by atoms with van der Waals surface area (Å²) in [5, 5.41) is 10.8. The van der Waals surface area contributed by atoms with Crippen molar-refractivity contribution < 1.29 is 9.59 Å². The van der Waals surface area contributed by atoms with Crippen LogP contribution < -0.4 is 0 Å². The molecule has 1 unspecified atom stereocenters. The summed E-state index contributed by atoms with van der Waals surface area (Å²) >= 11 is 1.59. The zero-order valence-electron chi connectivity index (χ0n) is 23.7. The predicted octanol–water partition coefficient (Wildman–Crippen LogP) is 5.46. The van der Waals surface area contributed by atoms with Gasteiger partial charge in [-0.25, -0.2) is 4.98 Å². The Bertz CT molecular complexity index is 1490. The molecule has 40 heavy (non-hydrogen) atoms. The lowest BCUT2D eigenvalue weighted by molar-refractivity contribution is -0.142. The Morgan fingerprint density at radius 2 is 1.82 bits per heavy atom. The Kier molecular flexibility index (Phi) is 8.99. The van der Waals surface area contributed by atoms with Crippen molar-refractivity contribution in [1.29, 1.82) is 0 Å². The van der Waals surface area contributed by atoms with Crippen LogP contribution in [0.3, 0.4) is 0 Å². The zero-order chi connectivity index (χ0) is 28.1. The molecule has 9 heteroatoms. The van der Waals surface area contributed by atoms with Crippen molar-refractivity contribution >= 4 is 45.6 Å². The van der Waals surface area contributed by atoms with Gasteiger partial charge < -0.3 is 14.4 Å². The summed E-state index contributed by atoms with van der Waals surface area (Å²) in [5.41, 5.74) is 5.18. The van der Waals surface area contributed by atoms with E-state index in [9.17, 15) is 9.59 Å². The minimum atomic E-state index is 0.0771. The lowest BCUT2D eigenvalue weighted by atomic mass is 10.1. The van der Waals surface area contributed by atoms with Gasteiger partial charge in [0.05, 0.1) is 5.52 Å². The quantitative estimate of drug-likeness (QED) is 0.190. The van der Waals surface area contributed by atoms with Crippen LogP contribution in [0.5, 0.6) is 0 Å². The van der Waals surface area contributed by atoms with Crippen molar-refractivity contribution in [2.75, 3.05) is 25.4 Å². The number of hydrogen-bond donors (Lipinski definition) is 0. The SMILES string of the molecule is CCCC(=O)N1CCN(C(=O)CCCCSc2nnc3c4cc(C)ccc4n(Cc4ccccc4)c3n2)CC1C. The highest BCUT2D eigenvalue weighted by Gasteiger charge is 2.28. The summed E-state index contributed by atoms with van der Waals surface area (Å²) < 4.78 is 2.23. The molecule has 2 aromatic carbocycles. The number of nitrogens with zero attached hydrogens (tertiary/aromatic N) is 6. The van der Waals surface area contributed by atoms with E-state index in [4.69, 9.17) is 4.98 Å². The van der Waals surface area contributed by atoms with Crippen LogP contribution in [0.1, 0.15) is 57.1 Å². The number of hydrogen-bond acceptors (Lipinski definition) is 6. The molecule has 0 radical (unpaired) electrons. The standard InChI is InChI=1S/C31H38N6O2S/c1-4-10-28(39)36-17-16-35(20-23(36)3)27(38)13-8-9-18-40-31-32-30-29(33-34-31)25-19-22(2)14-15-26(25)37(30)21-24-11-6-5-7-12-24/h5-7,11-12,14-15,19,23H,4,8-10,13,16-18,20-21H2,1-3H3. The summed E-state index contributed by atoms with van der Waals surface area (Å²) in [7, 11) is 0. The first-order chi connectivity index (χ1) is 19.4. The summed E-state index contributed by atoms with van der Waals surface area (Å²) in [5.74, 6) is 1.21. The lowest BCUT2D eigenvalue weighted by Crippen LogP contribution is -2.55. The molecule has 1 aliphatic heterocycles. The molecule has 1 saturated heterocycles. The van der Waals surface area contributed by atoms with Gasteiger partial charge in [0.15, 0.2) is 5.65 Å². The minimum absolute atomic E-state index is 0.0771. The van der Waals surface area contributed by atoms with E-state index in [1.807, 2.05) is 29.7 Å². The van der Waals surface area contributed by atoms with Gasteiger partial charge in [0.25, 0.3) is 0 Å². The van der Waals surface area contributed by atoms with Crippen LogP contribution in [0.4, 0.5) is 0 Å². The van der Waals surface area contributed by atoms with Gasteiger partial charge in [-0.3, -0.25) is 9.59 Å². The number of aryl methyl sites for hydroxylation is 1. The van der Waals surface area contributed by atoms with E-state index in [-0.39, 0.29) is 17.9 Å². The van der Waals surface area contributed by atoms with Gasteiger partial charge >= 0.3 is 0 Å². The summed E-state index contributed by atoms with van der Waals surface area (Å²) in [6, 6.07) is 16.9. The molecule has 0 spiro atoms. The molecule has 2 amide bonds. The largest absolute Gasteiger partial charge is 0.339 e. The van der Waals surface area contributed by atoms with Crippen LogP contribution in [0.25, 0.3) is 22.1 Å². The normalized spacial score (nSPS) is 15.7. The average molecular weight is 559 g/mol. The molecular formula is C31H38N6O2S. The molecule has 4 aromatic rings. The second-order valence-corrected chi connectivity index (χ2v) is 11.8. The number of rotatable bonds is 10. The lowest BCUT2D eigenvalue weighted by Gasteiger charge is -2.40. The van der Waals surface area contributed by atoms with Gasteiger partial charge in [-0.2, -0.15) is 0 Å². The molecular weight excluding hydrogens is 520 g/mol. The molecule has 5 rings (SSSR count). The molecule has 2 aromatic heterocycles. The maximum atomic E-state index is 12.8. The highest BCUT2D eigenvalue weighted by atomic mass is 32.2. The monoisotopic (exact) mass is 558 g/mol. The second-order valence-electron chi connectivity index (χ2n) is 10.7. The van der Waals surface area contributed by atoms with Crippen molar-refractivity contribution in [3.05, 3.63) is 59.7 Å². The molecule has 1 aliphatic rings. The Morgan fingerprint density at radius 1 is 1.00 bits per heavy atom. The number of thioether (sulfide) groups is 1. The number of piperazine rings is 1. The van der Waals surface area contributed by atoms with Gasteiger partial charge in [-0.05, 0) is 50.8 Å². The van der Waals surface area contributed by atoms with E-state index < -0.39 is 0 Å². The Morgan fingerprint density at radius 3 is 2.60 bits per heavy atom. The fourth-order valence-corrected chi connectivity index (χ4v) is 6.23. The number of amides is 2. The maximum Gasteiger partial charge on any atom is 0.222 e. The van der Waals surface area contributed by atoms with E-state index in [1.165, 1.54) is 11.1 Å². The molecule has 0 N–H and O–H groups in total. The molecule has 8 nitrogen and oxygen atoms in total. The number of carbonyl (C=O) groups excluding carboxylic acids is 2. The van der Waals surface area contributed by atoms with Gasteiger partial charge in [-0.1, -0.05) is 60.6 Å².